The summed E-state index contributed by atoms with van der Waals surface area (Å²) in [6.45, 7) is 4.95. The number of phenolic OH excluding ortho intramolecular Hbond substituents is 1. The molecule has 26 nitrogen and oxygen atoms in total. The summed E-state index contributed by atoms with van der Waals surface area (Å²) < 4.78 is 18.4. The van der Waals surface area contributed by atoms with Gasteiger partial charge in [-0.15, -0.1) is 11.6 Å². The molecule has 6 aromatic rings. The van der Waals surface area contributed by atoms with E-state index in [9.17, 15) is 53.1 Å². The first kappa shape index (κ1) is 62.8. The molecule has 2 aliphatic rings. The van der Waals surface area contributed by atoms with Crippen molar-refractivity contribution in [1.82, 2.24) is 40.0 Å². The van der Waals surface area contributed by atoms with Crippen molar-refractivity contribution in [3.05, 3.63) is 137 Å². The number of primary amides is 1. The molecule has 4 aromatic carbocycles. The Kier molecular flexibility index (Phi) is 20.3. The van der Waals surface area contributed by atoms with Crippen LogP contribution in [0.15, 0.2) is 109 Å². The Morgan fingerprint density at radius 3 is 2.20 bits per heavy atom. The number of fused-ring (bicyclic) bond motifs is 4. The van der Waals surface area contributed by atoms with Crippen LogP contribution in [-0.2, 0) is 35.3 Å². The molecule has 0 fully saturated rings. The minimum Gasteiger partial charge on any atom is -0.508 e. The lowest BCUT2D eigenvalue weighted by atomic mass is 9.92. The van der Waals surface area contributed by atoms with Crippen molar-refractivity contribution < 1.29 is 67.3 Å². The first-order valence-corrected chi connectivity index (χ1v) is 28.2. The number of nitrogens with two attached hydrogens (primary N) is 1. The van der Waals surface area contributed by atoms with E-state index < -0.39 is 77.8 Å². The number of rotatable bonds is 23. The number of ether oxygens (including phenoxy) is 3. The van der Waals surface area contributed by atoms with Crippen LogP contribution in [0.2, 0.25) is 0 Å². The molecule has 87 heavy (non-hydrogen) atoms. The van der Waals surface area contributed by atoms with Crippen molar-refractivity contribution in [3.8, 4) is 11.5 Å². The van der Waals surface area contributed by atoms with Gasteiger partial charge >= 0.3 is 24.3 Å². The highest BCUT2D eigenvalue weighted by Crippen LogP contribution is 2.47. The minimum atomic E-state index is -1.17. The average Bonchev–Trinajstić information content (AvgIpc) is 1.70. The highest BCUT2D eigenvalue weighted by Gasteiger charge is 2.37. The van der Waals surface area contributed by atoms with E-state index in [-0.39, 0.29) is 87.8 Å². The number of hydrogen-bond acceptors (Lipinski definition) is 15. The smallest absolute Gasteiger partial charge is 0.415 e. The number of imide groups is 1. The molecule has 2 aliphatic heterocycles. The maximum absolute atomic E-state index is 14.5. The molecule has 4 heterocycles. The summed E-state index contributed by atoms with van der Waals surface area (Å²) in [5.74, 6) is -3.61. The highest BCUT2D eigenvalue weighted by atomic mass is 35.5. The molecule has 0 aliphatic carbocycles. The lowest BCUT2D eigenvalue weighted by molar-refractivity contribution is -0.137. The predicted octanol–water partition coefficient (Wildman–Crippen LogP) is 5.98. The third-order valence-corrected chi connectivity index (χ3v) is 14.8. The van der Waals surface area contributed by atoms with Gasteiger partial charge in [-0.25, -0.2) is 24.2 Å². The van der Waals surface area contributed by atoms with Gasteiger partial charge in [0.2, 0.25) is 11.8 Å². The molecule has 0 saturated heterocycles. The van der Waals surface area contributed by atoms with Crippen molar-refractivity contribution in [3.63, 3.8) is 0 Å². The van der Waals surface area contributed by atoms with Gasteiger partial charge in [-0.1, -0.05) is 44.2 Å². The predicted molar refractivity (Wildman–Crippen MR) is 319 cm³/mol. The molecule has 11 amide bonds. The van der Waals surface area contributed by atoms with E-state index >= 15 is 0 Å². The second kappa shape index (κ2) is 28.1. The van der Waals surface area contributed by atoms with Gasteiger partial charge in [-0.05, 0) is 96.3 Å². The summed E-state index contributed by atoms with van der Waals surface area (Å²) in [5, 5.41) is 24.1. The number of nitrogens with one attached hydrogen (secondary N) is 5. The Morgan fingerprint density at radius 2 is 1.52 bits per heavy atom. The standard InChI is InChI=1S/C60H65ClN12O14/c1-34(2)52(68-58(82)85-27-26-72-48(75)21-22-49(72)76)55(79)67-43(10-7-23-63-57(62)81)54(78)64-39-15-11-36(12-16-39)33-86-59(83)69(4)24-25-70(5)60(84)87-46-28-45-51(50-35(3)8-6-9-42(46)50)38(29-61)30-73(45)56(80)44-32-71-31-40(17-20-47(71)66-44)65-53(77)37-13-18-41(74)19-14-37/h6,8-9,11-22,28,31-32,34,38,43,52,74H,7,10,23-27,29-30,33H2,1-5H3,(H,64,78)(H,65,77)(H,67,79)(H,68,82)(H3,62,63,81)/t38-,43+,52+/m1/s1. The topological polar surface area (TPSA) is 335 Å². The number of pyridine rings is 1. The number of aromatic nitrogens is 2. The van der Waals surface area contributed by atoms with E-state index in [4.69, 9.17) is 31.5 Å². The van der Waals surface area contributed by atoms with E-state index in [2.05, 4.69) is 31.6 Å². The van der Waals surface area contributed by atoms with Gasteiger partial charge in [0.15, 0.2) is 0 Å². The summed E-state index contributed by atoms with van der Waals surface area (Å²) >= 11 is 6.60. The molecule has 0 bridgehead atoms. The number of alkyl halides is 1. The largest absolute Gasteiger partial charge is 0.508 e. The van der Waals surface area contributed by atoms with Crippen molar-refractivity contribution >= 4 is 105 Å². The van der Waals surface area contributed by atoms with Crippen LogP contribution in [0.3, 0.4) is 0 Å². The zero-order chi connectivity index (χ0) is 62.6. The fraction of sp³-hybridized carbons (Fsp3) is 0.317. The normalized spacial score (nSPS) is 14.1. The fourth-order valence-electron chi connectivity index (χ4n) is 9.67. The zero-order valence-corrected chi connectivity index (χ0v) is 48.9. The zero-order valence-electron chi connectivity index (χ0n) is 48.2. The third-order valence-electron chi connectivity index (χ3n) is 14.4. The number of nitrogens with zero attached hydrogens (tertiary/aromatic N) is 6. The first-order chi connectivity index (χ1) is 41.6. The molecule has 456 valence electrons. The average molecular weight is 1210 g/mol. The lowest BCUT2D eigenvalue weighted by Gasteiger charge is -2.25. The number of carbonyl (C=O) groups excluding carboxylic acids is 10. The number of hydrogen-bond donors (Lipinski definition) is 7. The number of benzene rings is 4. The minimum absolute atomic E-state index is 0.0283. The molecular formula is C60H65ClN12O14. The maximum atomic E-state index is 14.5. The molecule has 0 spiro atoms. The highest BCUT2D eigenvalue weighted by molar-refractivity contribution is 6.19. The van der Waals surface area contributed by atoms with Crippen LogP contribution in [-0.4, -0.2) is 160 Å². The fourth-order valence-corrected chi connectivity index (χ4v) is 9.92. The maximum Gasteiger partial charge on any atom is 0.415 e. The number of aromatic hydroxyl groups is 1. The summed E-state index contributed by atoms with van der Waals surface area (Å²) in [6.07, 6.45) is 3.23. The van der Waals surface area contributed by atoms with Crippen LogP contribution in [0.5, 0.6) is 11.5 Å². The van der Waals surface area contributed by atoms with Crippen LogP contribution < -0.4 is 42.0 Å². The van der Waals surface area contributed by atoms with Crippen molar-refractivity contribution in [1.29, 1.82) is 0 Å². The van der Waals surface area contributed by atoms with E-state index in [1.165, 1.54) is 48.2 Å². The van der Waals surface area contributed by atoms with Crippen molar-refractivity contribution in [2.75, 3.05) is 74.8 Å². The van der Waals surface area contributed by atoms with Gasteiger partial charge in [0.05, 0.1) is 17.9 Å². The number of anilines is 3. The molecule has 0 saturated carbocycles. The Labute approximate surface area is 503 Å². The third kappa shape index (κ3) is 15.6. The number of amides is 11. The quantitative estimate of drug-likeness (QED) is 0.0220. The van der Waals surface area contributed by atoms with Crippen LogP contribution in [0.25, 0.3) is 16.4 Å². The van der Waals surface area contributed by atoms with Gasteiger partial charge in [0.1, 0.15) is 48.1 Å². The number of phenols is 1. The Balaban J connectivity index is 0.844. The van der Waals surface area contributed by atoms with E-state index in [1.807, 2.05) is 25.1 Å². The van der Waals surface area contributed by atoms with Gasteiger partial charge in [0, 0.05) is 99.3 Å². The van der Waals surface area contributed by atoms with Crippen LogP contribution in [0.4, 0.5) is 36.2 Å². The number of imidazole rings is 1. The Bertz CT molecular complexity index is 3650. The van der Waals surface area contributed by atoms with Gasteiger partial charge < -0.3 is 70.7 Å². The Morgan fingerprint density at radius 1 is 0.828 bits per heavy atom. The van der Waals surface area contributed by atoms with Crippen LogP contribution in [0, 0.1) is 12.8 Å². The SMILES string of the molecule is Cc1cccc2c(OC(=O)N(C)CCN(C)C(=O)OCc3ccc(NC(=O)[C@H](CCCNC(N)=O)NC(=O)[C@@H](NC(=O)OCCN4C(=O)C=CC4=O)C(C)C)cc3)cc3c(c12)[C@H](CCl)CN3C(=O)c1cn2cc(NC(=O)c3ccc(O)cc3)ccc2n1. The molecule has 27 heteroatoms. The number of urea groups is 1. The van der Waals surface area contributed by atoms with E-state index in [1.54, 1.807) is 78.0 Å². The van der Waals surface area contributed by atoms with Gasteiger partial charge in [0.25, 0.3) is 23.6 Å². The van der Waals surface area contributed by atoms with Crippen LogP contribution >= 0.6 is 11.6 Å². The van der Waals surface area contributed by atoms with Crippen LogP contribution in [0.1, 0.15) is 70.1 Å². The summed E-state index contributed by atoms with van der Waals surface area (Å²) in [4.78, 5) is 139. The summed E-state index contributed by atoms with van der Waals surface area (Å²) in [6, 6.07) is 19.6. The number of likely N-dealkylation sites (N-methyl/N-ethyl adjacent to an activating group) is 2. The van der Waals surface area contributed by atoms with E-state index in [0.29, 0.717) is 39.2 Å². The molecule has 8 rings (SSSR count). The molecular weight excluding hydrogens is 1150 g/mol. The monoisotopic (exact) mass is 1210 g/mol. The molecule has 3 atom stereocenters. The first-order valence-electron chi connectivity index (χ1n) is 27.6. The molecule has 8 N–H and O–H groups in total. The molecule has 2 aromatic heterocycles. The summed E-state index contributed by atoms with van der Waals surface area (Å²) in [7, 11) is 3.02. The van der Waals surface area contributed by atoms with Crippen molar-refractivity contribution in [2.45, 2.75) is 58.2 Å². The van der Waals surface area contributed by atoms with Crippen molar-refractivity contribution in [2.24, 2.45) is 11.7 Å². The second-order valence-corrected chi connectivity index (χ2v) is 21.3. The molecule has 0 unspecified atom stereocenters. The number of aryl methyl sites for hydroxylation is 1. The number of carbonyl (C=O) groups is 10. The lowest BCUT2D eigenvalue weighted by Crippen LogP contribution is -2.54. The van der Waals surface area contributed by atoms with Gasteiger partial charge in [-0.3, -0.25) is 33.7 Å². The van der Waals surface area contributed by atoms with Gasteiger partial charge in [-0.2, -0.15) is 0 Å². The Hall–Kier alpha value is -10.2. The number of alkyl carbamates (subject to hydrolysis) is 1. The summed E-state index contributed by atoms with van der Waals surface area (Å²) in [5.41, 5.74) is 9.61. The number of halogens is 1. The van der Waals surface area contributed by atoms with E-state index in [0.717, 1.165) is 33.6 Å². The molecule has 0 radical (unpaired) electrons. The second-order valence-electron chi connectivity index (χ2n) is 21.0.